The molecule has 1 aromatic heterocycles. The van der Waals surface area contributed by atoms with Crippen molar-refractivity contribution in [1.82, 2.24) is 15.6 Å². The van der Waals surface area contributed by atoms with Crippen molar-refractivity contribution in [1.29, 1.82) is 0 Å². The number of nitrogens with one attached hydrogen (secondary N) is 4. The summed E-state index contributed by atoms with van der Waals surface area (Å²) in [6.07, 6.45) is 4.80. The molecular weight excluding hydrogens is 465 g/mol. The van der Waals surface area contributed by atoms with E-state index in [9.17, 15) is 4.39 Å². The van der Waals surface area contributed by atoms with Crippen molar-refractivity contribution in [3.63, 3.8) is 0 Å². The fourth-order valence-electron chi connectivity index (χ4n) is 3.65. The maximum absolute atomic E-state index is 14.4. The molecule has 0 amide bonds. The van der Waals surface area contributed by atoms with Crippen LogP contribution in [0.2, 0.25) is 5.02 Å². The lowest BCUT2D eigenvalue weighted by atomic mass is 9.96. The first-order chi connectivity index (χ1) is 15.7. The van der Waals surface area contributed by atoms with Crippen molar-refractivity contribution < 1.29 is 4.39 Å². The molecule has 2 heterocycles. The molecule has 3 aromatic rings. The zero-order valence-electron chi connectivity index (χ0n) is 17.7. The minimum Gasteiger partial charge on any atom is -0.384 e. The summed E-state index contributed by atoms with van der Waals surface area (Å²) in [5.41, 5.74) is 3.49. The fraction of sp³-hybridized carbons (Fsp3) is 0.348. The number of aromatic nitrogens is 1. The molecule has 0 saturated carbocycles. The zero-order chi connectivity index (χ0) is 22.2. The number of hydrogen-bond acceptors (Lipinski definition) is 7. The van der Waals surface area contributed by atoms with E-state index < -0.39 is 0 Å². The van der Waals surface area contributed by atoms with Crippen LogP contribution in [0.25, 0.3) is 0 Å². The van der Waals surface area contributed by atoms with Gasteiger partial charge in [-0.3, -0.25) is 0 Å². The summed E-state index contributed by atoms with van der Waals surface area (Å²) < 4.78 is 17.4. The quantitative estimate of drug-likeness (QED) is 0.208. The lowest BCUT2D eigenvalue weighted by Gasteiger charge is -2.26. The molecule has 0 radical (unpaired) electrons. The summed E-state index contributed by atoms with van der Waals surface area (Å²) in [7, 11) is 0. The Hall–Kier alpha value is -1.84. The Labute approximate surface area is 201 Å². The number of anilines is 2. The summed E-state index contributed by atoms with van der Waals surface area (Å²) >= 11 is 8.97. The molecule has 9 heteroatoms. The monoisotopic (exact) mass is 491 g/mol. The van der Waals surface area contributed by atoms with Crippen LogP contribution in [-0.4, -0.2) is 30.7 Å². The molecule has 0 saturated heterocycles. The lowest BCUT2D eigenvalue weighted by molar-refractivity contribution is 0.445. The van der Waals surface area contributed by atoms with E-state index >= 15 is 0 Å². The van der Waals surface area contributed by atoms with Crippen LogP contribution >= 0.6 is 34.9 Å². The highest BCUT2D eigenvalue weighted by atomic mass is 35.5. The van der Waals surface area contributed by atoms with Gasteiger partial charge in [-0.25, -0.2) is 9.37 Å². The molecule has 0 fully saturated rings. The standard InChI is InChI=1S/C23H27ClFN5S2/c24-19-12-22(32-30-23-28-9-10-31-23)20(25)13-21(19)27-8-4-3-7-26-15-18-11-16-5-1-2-6-17(16)14-29-18/h1-2,5-6,9-10,12-13,18,26-27,29H,3-4,7-8,11,14-15H2,(H,28,30). The maximum atomic E-state index is 14.4. The number of hydrogen-bond donors (Lipinski definition) is 4. The van der Waals surface area contributed by atoms with E-state index in [0.29, 0.717) is 21.6 Å². The van der Waals surface area contributed by atoms with E-state index in [1.807, 2.05) is 5.38 Å². The Morgan fingerprint density at radius 1 is 1.19 bits per heavy atom. The first kappa shape index (κ1) is 23.3. The molecule has 4 rings (SSSR count). The van der Waals surface area contributed by atoms with Gasteiger partial charge in [0, 0.05) is 37.3 Å². The predicted octanol–water partition coefficient (Wildman–Crippen LogP) is 5.55. The van der Waals surface area contributed by atoms with Crippen LogP contribution in [0, 0.1) is 5.82 Å². The number of thiazole rings is 1. The lowest BCUT2D eigenvalue weighted by Crippen LogP contribution is -2.43. The molecule has 1 atom stereocenters. The van der Waals surface area contributed by atoms with Gasteiger partial charge >= 0.3 is 0 Å². The van der Waals surface area contributed by atoms with Gasteiger partial charge in [-0.2, -0.15) is 0 Å². The fourth-order valence-corrected chi connectivity index (χ4v) is 5.22. The topological polar surface area (TPSA) is 61.0 Å². The average molecular weight is 492 g/mol. The molecule has 1 aliphatic rings. The summed E-state index contributed by atoms with van der Waals surface area (Å²) in [6, 6.07) is 12.2. The number of fused-ring (bicyclic) bond motifs is 1. The highest BCUT2D eigenvalue weighted by Gasteiger charge is 2.16. The third kappa shape index (κ3) is 6.59. The van der Waals surface area contributed by atoms with Crippen LogP contribution in [0.1, 0.15) is 24.0 Å². The van der Waals surface area contributed by atoms with Gasteiger partial charge in [0.1, 0.15) is 5.82 Å². The summed E-state index contributed by atoms with van der Waals surface area (Å²) in [6.45, 7) is 3.62. The Bertz CT molecular complexity index is 1000. The molecule has 170 valence electrons. The second-order valence-electron chi connectivity index (χ2n) is 7.69. The van der Waals surface area contributed by atoms with E-state index in [-0.39, 0.29) is 5.82 Å². The van der Waals surface area contributed by atoms with Crippen molar-refractivity contribution in [2.24, 2.45) is 0 Å². The normalized spacial score (nSPS) is 15.4. The van der Waals surface area contributed by atoms with Crippen molar-refractivity contribution in [3.8, 4) is 0 Å². The summed E-state index contributed by atoms with van der Waals surface area (Å²) in [5.74, 6) is -0.311. The number of unbranched alkanes of at least 4 members (excludes halogenated alkanes) is 1. The number of nitrogens with zero attached hydrogens (tertiary/aromatic N) is 1. The Morgan fingerprint density at radius 3 is 2.88 bits per heavy atom. The van der Waals surface area contributed by atoms with Crippen LogP contribution < -0.4 is 20.7 Å². The molecule has 1 unspecified atom stereocenters. The minimum absolute atomic E-state index is 0.311. The first-order valence-corrected chi connectivity index (χ1v) is 12.8. The van der Waals surface area contributed by atoms with Gasteiger partial charge in [0.2, 0.25) is 0 Å². The SMILES string of the molecule is Fc1cc(NCCCCNCC2Cc3ccccc3CN2)c(Cl)cc1SNc1nccs1. The van der Waals surface area contributed by atoms with Crippen LogP contribution in [0.3, 0.4) is 0 Å². The number of rotatable bonds is 11. The van der Waals surface area contributed by atoms with Crippen molar-refractivity contribution >= 4 is 45.7 Å². The van der Waals surface area contributed by atoms with Gasteiger partial charge in [-0.15, -0.1) is 11.3 Å². The zero-order valence-corrected chi connectivity index (χ0v) is 20.1. The first-order valence-electron chi connectivity index (χ1n) is 10.7. The smallest absolute Gasteiger partial charge is 0.192 e. The highest BCUT2D eigenvalue weighted by Crippen LogP contribution is 2.32. The Balaban J connectivity index is 1.12. The predicted molar refractivity (Wildman–Crippen MR) is 134 cm³/mol. The summed E-state index contributed by atoms with van der Waals surface area (Å²) in [4.78, 5) is 4.56. The molecule has 1 aliphatic heterocycles. The van der Waals surface area contributed by atoms with Gasteiger partial charge < -0.3 is 20.7 Å². The number of benzene rings is 2. The summed E-state index contributed by atoms with van der Waals surface area (Å²) in [5, 5.41) is 13.5. The van der Waals surface area contributed by atoms with Crippen molar-refractivity contribution in [2.45, 2.75) is 36.7 Å². The molecule has 4 N–H and O–H groups in total. The van der Waals surface area contributed by atoms with Gasteiger partial charge in [0.05, 0.1) is 15.6 Å². The molecule has 5 nitrogen and oxygen atoms in total. The van der Waals surface area contributed by atoms with Gasteiger partial charge in [-0.05, 0) is 61.0 Å². The third-order valence-corrected chi connectivity index (χ3v) is 7.31. The van der Waals surface area contributed by atoms with E-state index in [0.717, 1.165) is 50.6 Å². The molecule has 0 aliphatic carbocycles. The van der Waals surface area contributed by atoms with E-state index in [4.69, 9.17) is 11.6 Å². The van der Waals surface area contributed by atoms with Gasteiger partial charge in [0.15, 0.2) is 5.13 Å². The Kier molecular flexibility index (Phi) is 8.64. The molecule has 0 bridgehead atoms. The molecule has 32 heavy (non-hydrogen) atoms. The van der Waals surface area contributed by atoms with Crippen molar-refractivity contribution in [2.75, 3.05) is 29.7 Å². The van der Waals surface area contributed by atoms with Gasteiger partial charge in [-0.1, -0.05) is 35.9 Å². The van der Waals surface area contributed by atoms with E-state index in [1.165, 1.54) is 40.5 Å². The van der Waals surface area contributed by atoms with Crippen LogP contribution in [0.4, 0.5) is 15.2 Å². The van der Waals surface area contributed by atoms with Crippen molar-refractivity contribution in [3.05, 3.63) is 69.9 Å². The van der Waals surface area contributed by atoms with Crippen LogP contribution in [-0.2, 0) is 13.0 Å². The van der Waals surface area contributed by atoms with Crippen LogP contribution in [0.5, 0.6) is 0 Å². The third-order valence-electron chi connectivity index (χ3n) is 5.35. The number of halogens is 2. The molecular formula is C23H27ClFN5S2. The molecule has 2 aromatic carbocycles. The average Bonchev–Trinajstić information content (AvgIpc) is 3.33. The second-order valence-corrected chi connectivity index (χ2v) is 9.84. The largest absolute Gasteiger partial charge is 0.384 e. The van der Waals surface area contributed by atoms with E-state index in [1.54, 1.807) is 12.3 Å². The molecule has 0 spiro atoms. The van der Waals surface area contributed by atoms with Gasteiger partial charge in [0.25, 0.3) is 0 Å². The second kappa shape index (κ2) is 11.9. The Morgan fingerprint density at radius 2 is 2.03 bits per heavy atom. The van der Waals surface area contributed by atoms with Crippen LogP contribution in [0.15, 0.2) is 52.9 Å². The maximum Gasteiger partial charge on any atom is 0.192 e. The minimum atomic E-state index is -0.311. The van der Waals surface area contributed by atoms with E-state index in [2.05, 4.69) is 49.9 Å². The highest BCUT2D eigenvalue weighted by molar-refractivity contribution is 8.00.